The number of ether oxygens (including phenoxy) is 2. The van der Waals surface area contributed by atoms with Crippen LogP contribution in [0.2, 0.25) is 5.02 Å². The molecule has 1 aliphatic rings. The molecule has 1 unspecified atom stereocenters. The average Bonchev–Trinajstić information content (AvgIpc) is 2.42. The van der Waals surface area contributed by atoms with Crippen LogP contribution in [0.25, 0.3) is 0 Å². The Labute approximate surface area is 127 Å². The van der Waals surface area contributed by atoms with E-state index in [1.165, 1.54) is 0 Å². The first-order valence-electron chi connectivity index (χ1n) is 6.32. The van der Waals surface area contributed by atoms with Crippen LogP contribution in [0.15, 0.2) is 22.7 Å². The summed E-state index contributed by atoms with van der Waals surface area (Å²) in [5, 5.41) is 11.2. The Morgan fingerprint density at radius 2 is 2.16 bits per heavy atom. The Balaban J connectivity index is 2.12. The van der Waals surface area contributed by atoms with Gasteiger partial charge in [0.25, 0.3) is 0 Å². The van der Waals surface area contributed by atoms with Crippen molar-refractivity contribution in [3.63, 3.8) is 0 Å². The molecule has 3 nitrogen and oxygen atoms in total. The van der Waals surface area contributed by atoms with E-state index in [2.05, 4.69) is 15.9 Å². The van der Waals surface area contributed by atoms with E-state index >= 15 is 0 Å². The zero-order valence-electron chi connectivity index (χ0n) is 10.9. The van der Waals surface area contributed by atoms with E-state index < -0.39 is 11.7 Å². The van der Waals surface area contributed by atoms with Gasteiger partial charge in [-0.2, -0.15) is 0 Å². The van der Waals surface area contributed by atoms with Crippen molar-refractivity contribution in [1.82, 2.24) is 0 Å². The van der Waals surface area contributed by atoms with Gasteiger partial charge in [-0.1, -0.05) is 33.6 Å². The normalized spacial score (nSPS) is 20.2. The highest BCUT2D eigenvalue weighted by Crippen LogP contribution is 2.32. The van der Waals surface area contributed by atoms with Gasteiger partial charge in [0.15, 0.2) is 0 Å². The van der Waals surface area contributed by atoms with Gasteiger partial charge >= 0.3 is 0 Å². The molecule has 19 heavy (non-hydrogen) atoms. The lowest BCUT2D eigenvalue weighted by Gasteiger charge is -2.39. The zero-order valence-corrected chi connectivity index (χ0v) is 13.2. The summed E-state index contributed by atoms with van der Waals surface area (Å²) < 4.78 is 11.9. The Bertz CT molecular complexity index is 433. The fourth-order valence-corrected chi connectivity index (χ4v) is 3.22. The Morgan fingerprint density at radius 3 is 2.74 bits per heavy atom. The molecule has 5 heteroatoms. The van der Waals surface area contributed by atoms with Crippen molar-refractivity contribution in [2.24, 2.45) is 0 Å². The summed E-state index contributed by atoms with van der Waals surface area (Å²) in [4.78, 5) is 0. The van der Waals surface area contributed by atoms with E-state index in [1.807, 2.05) is 18.2 Å². The summed E-state index contributed by atoms with van der Waals surface area (Å²) in [7, 11) is 1.65. The quantitative estimate of drug-likeness (QED) is 0.907. The first kappa shape index (κ1) is 15.3. The maximum absolute atomic E-state index is 10.5. The second kappa shape index (κ2) is 6.55. The maximum atomic E-state index is 10.5. The van der Waals surface area contributed by atoms with Crippen LogP contribution in [0.4, 0.5) is 0 Å². The van der Waals surface area contributed by atoms with E-state index in [9.17, 15) is 5.11 Å². The van der Waals surface area contributed by atoms with Crippen LogP contribution in [0, 0.1) is 0 Å². The van der Waals surface area contributed by atoms with Crippen molar-refractivity contribution >= 4 is 27.5 Å². The van der Waals surface area contributed by atoms with Gasteiger partial charge in [-0.05, 0) is 17.7 Å². The second-order valence-corrected chi connectivity index (χ2v) is 6.16. The van der Waals surface area contributed by atoms with Gasteiger partial charge in [-0.25, -0.2) is 0 Å². The standard InChI is InChI=1S/C14H18BrClO3/c1-18-14(4-6-19-7-5-14)13(17)8-10-2-3-11(15)9-12(10)16/h2-3,9,13,17H,4-8H2,1H3. The Kier molecular flexibility index (Phi) is 5.26. The minimum atomic E-state index is -0.583. The maximum Gasteiger partial charge on any atom is 0.0983 e. The average molecular weight is 350 g/mol. The predicted octanol–water partition coefficient (Wildman–Crippen LogP) is 3.20. The van der Waals surface area contributed by atoms with Crippen molar-refractivity contribution in [1.29, 1.82) is 0 Å². The monoisotopic (exact) mass is 348 g/mol. The molecule has 1 atom stereocenters. The molecule has 1 aromatic carbocycles. The van der Waals surface area contributed by atoms with Crippen molar-refractivity contribution in [2.45, 2.75) is 31.0 Å². The molecule has 0 saturated carbocycles. The summed E-state index contributed by atoms with van der Waals surface area (Å²) in [6.07, 6.45) is 1.32. The molecule has 0 radical (unpaired) electrons. The van der Waals surface area contributed by atoms with E-state index in [0.717, 1.165) is 10.0 Å². The molecule has 1 N–H and O–H groups in total. The molecule has 0 bridgehead atoms. The molecular formula is C14H18BrClO3. The van der Waals surface area contributed by atoms with Gasteiger partial charge in [0.1, 0.15) is 0 Å². The molecule has 0 spiro atoms. The van der Waals surface area contributed by atoms with Crippen LogP contribution in [0.1, 0.15) is 18.4 Å². The fraction of sp³-hybridized carbons (Fsp3) is 0.571. The van der Waals surface area contributed by atoms with Crippen LogP contribution in [0.3, 0.4) is 0 Å². The first-order chi connectivity index (χ1) is 9.07. The molecule has 1 heterocycles. The van der Waals surface area contributed by atoms with E-state index in [4.69, 9.17) is 21.1 Å². The molecule has 106 valence electrons. The van der Waals surface area contributed by atoms with Crippen molar-refractivity contribution < 1.29 is 14.6 Å². The summed E-state index contributed by atoms with van der Waals surface area (Å²) >= 11 is 9.57. The molecule has 0 aliphatic carbocycles. The van der Waals surface area contributed by atoms with Crippen LogP contribution >= 0.6 is 27.5 Å². The molecular weight excluding hydrogens is 332 g/mol. The minimum Gasteiger partial charge on any atom is -0.390 e. The lowest BCUT2D eigenvalue weighted by molar-refractivity contribution is -0.151. The molecule has 1 aliphatic heterocycles. The van der Waals surface area contributed by atoms with Crippen LogP contribution in [-0.4, -0.2) is 37.1 Å². The molecule has 2 rings (SSSR count). The van der Waals surface area contributed by atoms with E-state index in [0.29, 0.717) is 37.5 Å². The number of aliphatic hydroxyl groups is 1. The highest BCUT2D eigenvalue weighted by molar-refractivity contribution is 9.10. The summed E-state index contributed by atoms with van der Waals surface area (Å²) in [5.74, 6) is 0. The SMILES string of the molecule is COC1(C(O)Cc2ccc(Br)cc2Cl)CCOCC1. The Morgan fingerprint density at radius 1 is 1.47 bits per heavy atom. The lowest BCUT2D eigenvalue weighted by atomic mass is 9.84. The number of benzene rings is 1. The van der Waals surface area contributed by atoms with E-state index in [-0.39, 0.29) is 0 Å². The van der Waals surface area contributed by atoms with Crippen LogP contribution < -0.4 is 0 Å². The third-order valence-electron chi connectivity index (χ3n) is 3.78. The second-order valence-electron chi connectivity index (χ2n) is 4.84. The van der Waals surface area contributed by atoms with Gasteiger partial charge in [-0.15, -0.1) is 0 Å². The lowest BCUT2D eigenvalue weighted by Crippen LogP contribution is -2.49. The summed E-state index contributed by atoms with van der Waals surface area (Å²) in [5.41, 5.74) is 0.412. The Hall–Kier alpha value is -0.130. The van der Waals surface area contributed by atoms with Crippen molar-refractivity contribution in [3.05, 3.63) is 33.3 Å². The highest BCUT2D eigenvalue weighted by Gasteiger charge is 2.39. The number of rotatable bonds is 4. The van der Waals surface area contributed by atoms with Gasteiger partial charge in [0, 0.05) is 49.1 Å². The van der Waals surface area contributed by atoms with E-state index in [1.54, 1.807) is 7.11 Å². The number of aliphatic hydroxyl groups excluding tert-OH is 1. The number of hydrogen-bond acceptors (Lipinski definition) is 3. The summed E-state index contributed by atoms with van der Waals surface area (Å²) in [6.45, 7) is 1.25. The van der Waals surface area contributed by atoms with Gasteiger partial charge in [0.05, 0.1) is 11.7 Å². The van der Waals surface area contributed by atoms with Crippen LogP contribution in [0.5, 0.6) is 0 Å². The highest BCUT2D eigenvalue weighted by atomic mass is 79.9. The first-order valence-corrected chi connectivity index (χ1v) is 7.49. The molecule has 1 fully saturated rings. The smallest absolute Gasteiger partial charge is 0.0983 e. The third kappa shape index (κ3) is 3.50. The number of halogens is 2. The van der Waals surface area contributed by atoms with Gasteiger partial charge < -0.3 is 14.6 Å². The number of hydrogen-bond donors (Lipinski definition) is 1. The van der Waals surface area contributed by atoms with Gasteiger partial charge in [-0.3, -0.25) is 0 Å². The van der Waals surface area contributed by atoms with Crippen LogP contribution in [-0.2, 0) is 15.9 Å². The van der Waals surface area contributed by atoms with Crippen molar-refractivity contribution in [2.75, 3.05) is 20.3 Å². The van der Waals surface area contributed by atoms with Gasteiger partial charge in [0.2, 0.25) is 0 Å². The summed E-state index contributed by atoms with van der Waals surface area (Å²) in [6, 6.07) is 5.70. The minimum absolute atomic E-state index is 0.486. The molecule has 0 aromatic heterocycles. The fourth-order valence-electron chi connectivity index (χ4n) is 2.47. The molecule has 1 aromatic rings. The molecule has 0 amide bonds. The largest absolute Gasteiger partial charge is 0.390 e. The zero-order chi connectivity index (χ0) is 13.9. The number of methoxy groups -OCH3 is 1. The third-order valence-corrected chi connectivity index (χ3v) is 4.63. The van der Waals surface area contributed by atoms with Crippen molar-refractivity contribution in [3.8, 4) is 0 Å². The molecule has 1 saturated heterocycles. The predicted molar refractivity (Wildman–Crippen MR) is 78.7 cm³/mol. The topological polar surface area (TPSA) is 38.7 Å².